The minimum atomic E-state index is 0.695. The first-order valence-electron chi connectivity index (χ1n) is 7.96. The van der Waals surface area contributed by atoms with Gasteiger partial charge in [0.2, 0.25) is 5.89 Å². The predicted octanol–water partition coefficient (Wildman–Crippen LogP) is 5.19. The summed E-state index contributed by atoms with van der Waals surface area (Å²) in [5.41, 5.74) is 2.76. The van der Waals surface area contributed by atoms with Gasteiger partial charge in [0, 0.05) is 16.0 Å². The van der Waals surface area contributed by atoms with Crippen molar-refractivity contribution in [2.75, 3.05) is 5.75 Å². The normalized spacial score (nSPS) is 10.7. The van der Waals surface area contributed by atoms with E-state index in [9.17, 15) is 4.79 Å². The number of aromatic nitrogens is 1. The van der Waals surface area contributed by atoms with E-state index in [0.717, 1.165) is 41.9 Å². The van der Waals surface area contributed by atoms with Crippen LogP contribution in [0.3, 0.4) is 0 Å². The zero-order chi connectivity index (χ0) is 16.8. The third kappa shape index (κ3) is 4.15. The lowest BCUT2D eigenvalue weighted by atomic mass is 10.2. The SMILES string of the molecule is Cc1oc(-c2ccccc2)nc1CCCSc1ccc(C=O)cc1. The Kier molecular flexibility index (Phi) is 5.49. The molecule has 3 rings (SSSR count). The highest BCUT2D eigenvalue weighted by molar-refractivity contribution is 7.99. The molecule has 3 aromatic rings. The fourth-order valence-electron chi connectivity index (χ4n) is 2.44. The molecule has 1 aromatic heterocycles. The smallest absolute Gasteiger partial charge is 0.226 e. The average molecular weight is 337 g/mol. The van der Waals surface area contributed by atoms with Crippen LogP contribution < -0.4 is 0 Å². The van der Waals surface area contributed by atoms with Gasteiger partial charge >= 0.3 is 0 Å². The molecule has 2 aromatic carbocycles. The highest BCUT2D eigenvalue weighted by atomic mass is 32.2. The maximum absolute atomic E-state index is 10.6. The van der Waals surface area contributed by atoms with Crippen LogP contribution in [0.1, 0.15) is 28.2 Å². The molecule has 0 aliphatic carbocycles. The molecule has 1 heterocycles. The molecule has 24 heavy (non-hydrogen) atoms. The molecule has 0 unspecified atom stereocenters. The summed E-state index contributed by atoms with van der Waals surface area (Å²) in [6.07, 6.45) is 2.80. The molecule has 4 heteroatoms. The monoisotopic (exact) mass is 337 g/mol. The van der Waals surface area contributed by atoms with E-state index in [0.29, 0.717) is 11.5 Å². The van der Waals surface area contributed by atoms with E-state index < -0.39 is 0 Å². The van der Waals surface area contributed by atoms with Gasteiger partial charge in [-0.15, -0.1) is 11.8 Å². The predicted molar refractivity (Wildman–Crippen MR) is 97.6 cm³/mol. The molecule has 0 N–H and O–H groups in total. The third-order valence-electron chi connectivity index (χ3n) is 3.76. The molecule has 0 fully saturated rings. The molecule has 0 saturated heterocycles. The minimum absolute atomic E-state index is 0.695. The summed E-state index contributed by atoms with van der Waals surface area (Å²) < 4.78 is 5.79. The molecule has 0 bridgehead atoms. The van der Waals surface area contributed by atoms with Crippen molar-refractivity contribution in [2.24, 2.45) is 0 Å². The topological polar surface area (TPSA) is 43.1 Å². The van der Waals surface area contributed by atoms with Crippen LogP contribution in [0, 0.1) is 6.92 Å². The van der Waals surface area contributed by atoms with Crippen molar-refractivity contribution in [3.63, 3.8) is 0 Å². The summed E-state index contributed by atoms with van der Waals surface area (Å²) in [6, 6.07) is 17.7. The van der Waals surface area contributed by atoms with Crippen LogP contribution in [-0.2, 0) is 6.42 Å². The number of aryl methyl sites for hydroxylation is 2. The Balaban J connectivity index is 1.53. The van der Waals surface area contributed by atoms with Gasteiger partial charge in [-0.05, 0) is 49.8 Å². The minimum Gasteiger partial charge on any atom is -0.441 e. The zero-order valence-electron chi connectivity index (χ0n) is 13.6. The number of rotatable bonds is 7. The number of carbonyl (C=O) groups excluding carboxylic acids is 1. The zero-order valence-corrected chi connectivity index (χ0v) is 14.4. The molecule has 122 valence electrons. The fraction of sp³-hybridized carbons (Fsp3) is 0.200. The summed E-state index contributed by atoms with van der Waals surface area (Å²) in [6.45, 7) is 1.97. The fourth-order valence-corrected chi connectivity index (χ4v) is 3.29. The quantitative estimate of drug-likeness (QED) is 0.338. The third-order valence-corrected chi connectivity index (χ3v) is 4.85. The largest absolute Gasteiger partial charge is 0.441 e. The average Bonchev–Trinajstić information content (AvgIpc) is 3.01. The van der Waals surface area contributed by atoms with Crippen molar-refractivity contribution in [2.45, 2.75) is 24.7 Å². The molecule has 0 aliphatic rings. The van der Waals surface area contributed by atoms with Crippen molar-refractivity contribution in [3.8, 4) is 11.5 Å². The van der Waals surface area contributed by atoms with Gasteiger partial charge in [-0.25, -0.2) is 4.98 Å². The number of hydrogen-bond acceptors (Lipinski definition) is 4. The number of hydrogen-bond donors (Lipinski definition) is 0. The van der Waals surface area contributed by atoms with E-state index >= 15 is 0 Å². The molecular weight excluding hydrogens is 318 g/mol. The molecule has 3 nitrogen and oxygen atoms in total. The standard InChI is InChI=1S/C20H19NO2S/c1-15-19(21-20(23-15)17-6-3-2-4-7-17)8-5-13-24-18-11-9-16(14-22)10-12-18/h2-4,6-7,9-12,14H,5,8,13H2,1H3. The van der Waals surface area contributed by atoms with Crippen molar-refractivity contribution in [3.05, 3.63) is 71.6 Å². The van der Waals surface area contributed by atoms with Gasteiger partial charge in [0.05, 0.1) is 5.69 Å². The molecule has 0 amide bonds. The van der Waals surface area contributed by atoms with Gasteiger partial charge in [0.1, 0.15) is 12.0 Å². The first kappa shape index (κ1) is 16.5. The first-order valence-corrected chi connectivity index (χ1v) is 8.94. The lowest BCUT2D eigenvalue weighted by Crippen LogP contribution is -1.91. The molecule has 0 atom stereocenters. The Labute approximate surface area is 146 Å². The Morgan fingerprint density at radius 3 is 2.54 bits per heavy atom. The van der Waals surface area contributed by atoms with E-state index in [1.54, 1.807) is 11.8 Å². The molecular formula is C20H19NO2S. The van der Waals surface area contributed by atoms with Gasteiger partial charge in [-0.3, -0.25) is 4.79 Å². The number of carbonyl (C=O) groups is 1. The maximum atomic E-state index is 10.6. The summed E-state index contributed by atoms with van der Waals surface area (Å²) in [7, 11) is 0. The van der Waals surface area contributed by atoms with Crippen LogP contribution in [0.15, 0.2) is 63.9 Å². The van der Waals surface area contributed by atoms with Crippen molar-refractivity contribution >= 4 is 18.0 Å². The Morgan fingerprint density at radius 2 is 1.83 bits per heavy atom. The molecule has 0 saturated carbocycles. The lowest BCUT2D eigenvalue weighted by molar-refractivity contribution is 0.112. The number of thioether (sulfide) groups is 1. The van der Waals surface area contributed by atoms with Gasteiger partial charge < -0.3 is 4.42 Å². The second-order valence-corrected chi connectivity index (χ2v) is 6.70. The van der Waals surface area contributed by atoms with E-state index in [2.05, 4.69) is 4.98 Å². The lowest BCUT2D eigenvalue weighted by Gasteiger charge is -2.01. The van der Waals surface area contributed by atoms with Crippen molar-refractivity contribution in [1.29, 1.82) is 0 Å². The van der Waals surface area contributed by atoms with E-state index in [1.807, 2.05) is 61.5 Å². The van der Waals surface area contributed by atoms with Crippen LogP contribution in [0.5, 0.6) is 0 Å². The first-order chi connectivity index (χ1) is 11.8. The van der Waals surface area contributed by atoms with Crippen molar-refractivity contribution in [1.82, 2.24) is 4.98 Å². The van der Waals surface area contributed by atoms with Crippen molar-refractivity contribution < 1.29 is 9.21 Å². The van der Waals surface area contributed by atoms with Crippen LogP contribution in [0.2, 0.25) is 0 Å². The number of benzene rings is 2. The van der Waals surface area contributed by atoms with Crippen LogP contribution in [-0.4, -0.2) is 17.0 Å². The van der Waals surface area contributed by atoms with Crippen LogP contribution >= 0.6 is 11.8 Å². The summed E-state index contributed by atoms with van der Waals surface area (Å²) in [5.74, 6) is 2.60. The highest BCUT2D eigenvalue weighted by Crippen LogP contribution is 2.24. The van der Waals surface area contributed by atoms with E-state index in [1.165, 1.54) is 4.90 Å². The van der Waals surface area contributed by atoms with Crippen LogP contribution in [0.4, 0.5) is 0 Å². The second kappa shape index (κ2) is 7.97. The second-order valence-electron chi connectivity index (χ2n) is 5.53. The summed E-state index contributed by atoms with van der Waals surface area (Å²) in [4.78, 5) is 16.5. The molecule has 0 spiro atoms. The van der Waals surface area contributed by atoms with Gasteiger partial charge in [-0.2, -0.15) is 0 Å². The van der Waals surface area contributed by atoms with Gasteiger partial charge in [0.15, 0.2) is 0 Å². The van der Waals surface area contributed by atoms with Gasteiger partial charge in [-0.1, -0.05) is 30.3 Å². The Hall–Kier alpha value is -2.33. The summed E-state index contributed by atoms with van der Waals surface area (Å²) in [5, 5.41) is 0. The summed E-state index contributed by atoms with van der Waals surface area (Å²) >= 11 is 1.79. The number of oxazole rings is 1. The Bertz CT molecular complexity index is 794. The van der Waals surface area contributed by atoms with Gasteiger partial charge in [0.25, 0.3) is 0 Å². The molecule has 0 aliphatic heterocycles. The highest BCUT2D eigenvalue weighted by Gasteiger charge is 2.10. The Morgan fingerprint density at radius 1 is 1.08 bits per heavy atom. The molecule has 0 radical (unpaired) electrons. The number of aldehydes is 1. The maximum Gasteiger partial charge on any atom is 0.226 e. The number of nitrogens with zero attached hydrogens (tertiary/aromatic N) is 1. The van der Waals surface area contributed by atoms with E-state index in [-0.39, 0.29) is 0 Å². The van der Waals surface area contributed by atoms with E-state index in [4.69, 9.17) is 4.42 Å². The van der Waals surface area contributed by atoms with Crippen LogP contribution in [0.25, 0.3) is 11.5 Å².